The van der Waals surface area contributed by atoms with Crippen LogP contribution in [0.1, 0.15) is 46.0 Å². The summed E-state index contributed by atoms with van der Waals surface area (Å²) >= 11 is 0. The average molecular weight is 300 g/mol. The molecular weight excluding hydrogens is 275 g/mol. The Labute approximate surface area is 122 Å². The molecule has 1 rings (SSSR count). The number of rotatable bonds is 7. The van der Waals surface area contributed by atoms with Crippen molar-refractivity contribution in [3.05, 3.63) is 12.7 Å². The summed E-state index contributed by atoms with van der Waals surface area (Å²) in [7, 11) is -3.33. The van der Waals surface area contributed by atoms with Crippen LogP contribution in [0.15, 0.2) is 12.7 Å². The minimum absolute atomic E-state index is 0.312. The largest absolute Gasteiger partial charge is 0.405 e. The van der Waals surface area contributed by atoms with Crippen molar-refractivity contribution in [2.45, 2.75) is 51.6 Å². The van der Waals surface area contributed by atoms with Crippen molar-refractivity contribution in [2.24, 2.45) is 0 Å². The topological polar surface area (TPSA) is 44.8 Å². The predicted octanol–water partition coefficient (Wildman–Crippen LogP) is 4.12. The lowest BCUT2D eigenvalue weighted by Gasteiger charge is -2.32. The van der Waals surface area contributed by atoms with Gasteiger partial charge in [0.05, 0.1) is 19.8 Å². The van der Waals surface area contributed by atoms with E-state index in [0.29, 0.717) is 19.8 Å². The van der Waals surface area contributed by atoms with Gasteiger partial charge in [0.2, 0.25) is 0 Å². The van der Waals surface area contributed by atoms with E-state index >= 15 is 0 Å². The molecule has 0 bridgehead atoms. The van der Waals surface area contributed by atoms with Crippen LogP contribution in [-0.4, -0.2) is 25.4 Å². The molecule has 0 radical (unpaired) electrons. The Morgan fingerprint density at radius 3 is 2.30 bits per heavy atom. The molecule has 5 heteroatoms. The Bertz CT molecular complexity index is 392. The van der Waals surface area contributed by atoms with Crippen molar-refractivity contribution >= 4 is 7.60 Å². The molecule has 1 saturated carbocycles. The fraction of sp³-hybridized carbons (Fsp3) is 0.733. The lowest BCUT2D eigenvalue weighted by Crippen LogP contribution is -2.33. The van der Waals surface area contributed by atoms with E-state index in [9.17, 15) is 4.57 Å². The van der Waals surface area contributed by atoms with Gasteiger partial charge in [0.25, 0.3) is 0 Å². The number of hydrogen-bond acceptors (Lipinski definition) is 4. The molecule has 0 aromatic rings. The molecule has 0 N–H and O–H groups in total. The van der Waals surface area contributed by atoms with Gasteiger partial charge in [0, 0.05) is 5.66 Å². The summed E-state index contributed by atoms with van der Waals surface area (Å²) in [5.41, 5.74) is 2.19. The summed E-state index contributed by atoms with van der Waals surface area (Å²) in [6.45, 7) is 8.29. The van der Waals surface area contributed by atoms with Gasteiger partial charge in [-0.2, -0.15) is 0 Å². The van der Waals surface area contributed by atoms with Crippen LogP contribution in [0, 0.1) is 11.6 Å². The highest BCUT2D eigenvalue weighted by atomic mass is 31.2. The van der Waals surface area contributed by atoms with E-state index in [1.165, 1.54) is 6.42 Å². The zero-order chi connectivity index (χ0) is 14.9. The molecule has 0 heterocycles. The highest BCUT2D eigenvalue weighted by Gasteiger charge is 2.32. The van der Waals surface area contributed by atoms with Gasteiger partial charge < -0.3 is 4.74 Å². The average Bonchev–Trinajstić information content (AvgIpc) is 2.45. The summed E-state index contributed by atoms with van der Waals surface area (Å²) in [5, 5.41) is 0. The molecule has 0 aromatic heterocycles. The van der Waals surface area contributed by atoms with Gasteiger partial charge in [-0.3, -0.25) is 9.05 Å². The van der Waals surface area contributed by atoms with Crippen LogP contribution in [-0.2, 0) is 18.3 Å². The third kappa shape index (κ3) is 5.42. The molecule has 0 atom stereocenters. The third-order valence-electron chi connectivity index (χ3n) is 3.16. The van der Waals surface area contributed by atoms with E-state index in [1.54, 1.807) is 19.9 Å². The molecule has 1 aliphatic rings. The van der Waals surface area contributed by atoms with Gasteiger partial charge in [-0.25, -0.2) is 4.57 Å². The zero-order valence-corrected chi connectivity index (χ0v) is 13.4. The molecule has 20 heavy (non-hydrogen) atoms. The quantitative estimate of drug-likeness (QED) is 0.403. The van der Waals surface area contributed by atoms with Gasteiger partial charge >= 0.3 is 7.60 Å². The number of ether oxygens (including phenoxy) is 1. The fourth-order valence-electron chi connectivity index (χ4n) is 2.26. The van der Waals surface area contributed by atoms with Crippen LogP contribution in [0.25, 0.3) is 0 Å². The summed E-state index contributed by atoms with van der Waals surface area (Å²) in [6.07, 6.45) is 6.75. The maximum atomic E-state index is 12.4. The second-order valence-electron chi connectivity index (χ2n) is 4.72. The Hall–Kier alpha value is -0.590. The lowest BCUT2D eigenvalue weighted by molar-refractivity contribution is -0.0107. The zero-order valence-electron chi connectivity index (χ0n) is 12.5. The van der Waals surface area contributed by atoms with Crippen molar-refractivity contribution in [2.75, 3.05) is 19.8 Å². The normalized spacial score (nSPS) is 18.1. The van der Waals surface area contributed by atoms with Gasteiger partial charge in [-0.15, -0.1) is 6.58 Å². The summed E-state index contributed by atoms with van der Waals surface area (Å²) in [4.78, 5) is 0. The second-order valence-corrected chi connectivity index (χ2v) is 6.46. The van der Waals surface area contributed by atoms with E-state index in [4.69, 9.17) is 13.8 Å². The van der Waals surface area contributed by atoms with Crippen LogP contribution < -0.4 is 0 Å². The Kier molecular flexibility index (Phi) is 7.55. The second kappa shape index (κ2) is 8.64. The maximum absolute atomic E-state index is 12.4. The lowest BCUT2D eigenvalue weighted by atomic mass is 9.85. The van der Waals surface area contributed by atoms with Crippen molar-refractivity contribution in [1.29, 1.82) is 0 Å². The van der Waals surface area contributed by atoms with E-state index < -0.39 is 13.2 Å². The first-order chi connectivity index (χ1) is 9.60. The third-order valence-corrected chi connectivity index (χ3v) is 4.74. The highest BCUT2D eigenvalue weighted by molar-refractivity contribution is 7.59. The van der Waals surface area contributed by atoms with Crippen LogP contribution in [0.5, 0.6) is 0 Å². The first-order valence-electron chi connectivity index (χ1n) is 7.28. The van der Waals surface area contributed by atoms with Crippen LogP contribution in [0.3, 0.4) is 0 Å². The SMILES string of the molecule is C=CCOC1(C#CP(=O)(OCC)OCC)CCCCC1. The molecule has 0 spiro atoms. The van der Waals surface area contributed by atoms with Crippen LogP contribution in [0.4, 0.5) is 0 Å². The van der Waals surface area contributed by atoms with Crippen LogP contribution in [0.2, 0.25) is 0 Å². The summed E-state index contributed by atoms with van der Waals surface area (Å²) in [5.74, 6) is 3.05. The molecule has 0 aromatic carbocycles. The van der Waals surface area contributed by atoms with E-state index in [0.717, 1.165) is 25.7 Å². The summed E-state index contributed by atoms with van der Waals surface area (Å²) < 4.78 is 28.6. The summed E-state index contributed by atoms with van der Waals surface area (Å²) in [6, 6.07) is 0. The van der Waals surface area contributed by atoms with E-state index in [-0.39, 0.29) is 0 Å². The molecule has 0 saturated heterocycles. The first kappa shape index (κ1) is 17.5. The van der Waals surface area contributed by atoms with Gasteiger partial charge in [-0.05, 0) is 39.5 Å². The fourth-order valence-corrected chi connectivity index (χ4v) is 3.48. The van der Waals surface area contributed by atoms with Crippen molar-refractivity contribution in [1.82, 2.24) is 0 Å². The Morgan fingerprint density at radius 2 is 1.80 bits per heavy atom. The Balaban J connectivity index is 2.89. The molecule has 0 unspecified atom stereocenters. The highest BCUT2D eigenvalue weighted by Crippen LogP contribution is 2.47. The van der Waals surface area contributed by atoms with Crippen molar-refractivity contribution in [3.8, 4) is 11.6 Å². The predicted molar refractivity (Wildman–Crippen MR) is 80.6 cm³/mol. The smallest absolute Gasteiger partial charge is 0.358 e. The monoisotopic (exact) mass is 300 g/mol. The minimum atomic E-state index is -3.33. The molecule has 4 nitrogen and oxygen atoms in total. The van der Waals surface area contributed by atoms with Crippen molar-refractivity contribution < 1.29 is 18.3 Å². The van der Waals surface area contributed by atoms with Crippen LogP contribution >= 0.6 is 7.60 Å². The van der Waals surface area contributed by atoms with Gasteiger partial charge in [0.1, 0.15) is 5.60 Å². The van der Waals surface area contributed by atoms with Gasteiger partial charge in [0.15, 0.2) is 0 Å². The van der Waals surface area contributed by atoms with E-state index in [2.05, 4.69) is 18.2 Å². The molecule has 0 amide bonds. The molecule has 1 aliphatic carbocycles. The van der Waals surface area contributed by atoms with E-state index in [1.807, 2.05) is 0 Å². The van der Waals surface area contributed by atoms with Gasteiger partial charge in [-0.1, -0.05) is 18.4 Å². The molecule has 114 valence electrons. The molecular formula is C15H25O4P. The first-order valence-corrected chi connectivity index (χ1v) is 8.82. The minimum Gasteiger partial charge on any atom is -0.358 e. The molecule has 1 fully saturated rings. The Morgan fingerprint density at radius 1 is 1.20 bits per heavy atom. The molecule has 0 aliphatic heterocycles. The maximum Gasteiger partial charge on any atom is 0.405 e. The standard InChI is InChI=1S/C15H25O4P/c1-4-13-17-15(10-8-7-9-11-15)12-14-20(16,18-5-2)19-6-3/h4H,1,5-11,13H2,2-3H3. The van der Waals surface area contributed by atoms with Crippen molar-refractivity contribution in [3.63, 3.8) is 0 Å². The number of hydrogen-bond donors (Lipinski definition) is 0.